The van der Waals surface area contributed by atoms with Gasteiger partial charge < -0.3 is 9.05 Å². The Labute approximate surface area is 91.7 Å². The smallest absolute Gasteiger partial charge is 0.309 e. The second-order valence-corrected chi connectivity index (χ2v) is 5.48. The molecule has 0 saturated heterocycles. The summed E-state index contributed by atoms with van der Waals surface area (Å²) in [6.07, 6.45) is 3.29. The Morgan fingerprint density at radius 1 is 1.07 bits per heavy atom. The Balaban J connectivity index is 3.78. The molecule has 0 aliphatic carbocycles. The zero-order chi connectivity index (χ0) is 10.9. The molecule has 0 spiro atoms. The van der Waals surface area contributed by atoms with Gasteiger partial charge in [0.05, 0.1) is 19.4 Å². The third-order valence-electron chi connectivity index (χ3n) is 1.72. The zero-order valence-electron chi connectivity index (χ0n) is 9.00. The standard InChI is InChI=1S/C9H20ClO3P/c1-3-12-14(11,13-4-2)9-7-5-6-8-10/h3-9H2,1-2H3. The first kappa shape index (κ1) is 14.4. The summed E-state index contributed by atoms with van der Waals surface area (Å²) in [6.45, 7) is 4.52. The summed E-state index contributed by atoms with van der Waals surface area (Å²) in [5.41, 5.74) is 0. The summed E-state index contributed by atoms with van der Waals surface area (Å²) in [6, 6.07) is 0. The fourth-order valence-electron chi connectivity index (χ4n) is 1.14. The van der Waals surface area contributed by atoms with Crippen molar-refractivity contribution < 1.29 is 13.6 Å². The van der Waals surface area contributed by atoms with E-state index in [1.807, 2.05) is 13.8 Å². The maximum atomic E-state index is 11.9. The lowest BCUT2D eigenvalue weighted by molar-refractivity contribution is 0.219. The van der Waals surface area contributed by atoms with Gasteiger partial charge in [0.2, 0.25) is 0 Å². The van der Waals surface area contributed by atoms with Crippen LogP contribution in [0.1, 0.15) is 33.1 Å². The monoisotopic (exact) mass is 242 g/mol. The molecule has 0 aromatic rings. The van der Waals surface area contributed by atoms with Gasteiger partial charge in [-0.15, -0.1) is 11.6 Å². The van der Waals surface area contributed by atoms with Gasteiger partial charge in [-0.2, -0.15) is 0 Å². The minimum atomic E-state index is -2.80. The Morgan fingerprint density at radius 3 is 2.07 bits per heavy atom. The van der Waals surface area contributed by atoms with E-state index in [0.29, 0.717) is 25.3 Å². The van der Waals surface area contributed by atoms with Crippen LogP contribution in [0.5, 0.6) is 0 Å². The van der Waals surface area contributed by atoms with Gasteiger partial charge in [0.15, 0.2) is 0 Å². The molecule has 0 rings (SSSR count). The lowest BCUT2D eigenvalue weighted by Crippen LogP contribution is -2.00. The van der Waals surface area contributed by atoms with Gasteiger partial charge in [-0.05, 0) is 26.7 Å². The number of halogens is 1. The minimum absolute atomic E-state index is 0.437. The number of hydrogen-bond acceptors (Lipinski definition) is 3. The molecule has 3 nitrogen and oxygen atoms in total. The zero-order valence-corrected chi connectivity index (χ0v) is 10.7. The van der Waals surface area contributed by atoms with Crippen LogP contribution in [-0.4, -0.2) is 25.3 Å². The summed E-state index contributed by atoms with van der Waals surface area (Å²) in [7, 11) is -2.80. The predicted molar refractivity (Wildman–Crippen MR) is 60.3 cm³/mol. The molecule has 0 atom stereocenters. The molecule has 0 aliphatic heterocycles. The third-order valence-corrected chi connectivity index (χ3v) is 4.15. The van der Waals surface area contributed by atoms with Gasteiger partial charge >= 0.3 is 7.60 Å². The van der Waals surface area contributed by atoms with E-state index in [0.717, 1.165) is 19.3 Å². The maximum absolute atomic E-state index is 11.9. The lowest BCUT2D eigenvalue weighted by Gasteiger charge is -2.16. The third kappa shape index (κ3) is 6.83. The normalized spacial score (nSPS) is 11.9. The van der Waals surface area contributed by atoms with Gasteiger partial charge in [-0.3, -0.25) is 4.57 Å². The minimum Gasteiger partial charge on any atom is -0.309 e. The quantitative estimate of drug-likeness (QED) is 0.352. The van der Waals surface area contributed by atoms with Crippen LogP contribution in [0.15, 0.2) is 0 Å². The van der Waals surface area contributed by atoms with Crippen molar-refractivity contribution in [2.45, 2.75) is 33.1 Å². The molecule has 0 amide bonds. The average molecular weight is 243 g/mol. The first-order valence-corrected chi connectivity index (χ1v) is 7.39. The van der Waals surface area contributed by atoms with Crippen molar-refractivity contribution in [3.8, 4) is 0 Å². The van der Waals surface area contributed by atoms with Crippen LogP contribution < -0.4 is 0 Å². The molecule has 0 radical (unpaired) electrons. The van der Waals surface area contributed by atoms with E-state index >= 15 is 0 Å². The topological polar surface area (TPSA) is 35.5 Å². The van der Waals surface area contributed by atoms with Gasteiger partial charge in [0.25, 0.3) is 0 Å². The van der Waals surface area contributed by atoms with E-state index in [1.165, 1.54) is 0 Å². The molecular weight excluding hydrogens is 223 g/mol. The number of unbranched alkanes of at least 4 members (excludes halogenated alkanes) is 2. The molecule has 0 fully saturated rings. The largest absolute Gasteiger partial charge is 0.330 e. The van der Waals surface area contributed by atoms with Crippen LogP contribution in [0.4, 0.5) is 0 Å². The Hall–Kier alpha value is 0.440. The molecule has 0 saturated carbocycles. The summed E-state index contributed by atoms with van der Waals surface area (Å²) >= 11 is 5.54. The van der Waals surface area contributed by atoms with Crippen molar-refractivity contribution in [3.63, 3.8) is 0 Å². The predicted octanol–water partition coefficient (Wildman–Crippen LogP) is 3.66. The number of alkyl halides is 1. The van der Waals surface area contributed by atoms with Crippen molar-refractivity contribution in [1.29, 1.82) is 0 Å². The van der Waals surface area contributed by atoms with Crippen LogP contribution in [0.3, 0.4) is 0 Å². The van der Waals surface area contributed by atoms with Gasteiger partial charge in [0, 0.05) is 5.88 Å². The molecule has 5 heteroatoms. The molecule has 0 aromatic carbocycles. The van der Waals surface area contributed by atoms with Gasteiger partial charge in [-0.25, -0.2) is 0 Å². The van der Waals surface area contributed by atoms with Crippen molar-refractivity contribution in [2.75, 3.05) is 25.3 Å². The van der Waals surface area contributed by atoms with Gasteiger partial charge in [0.1, 0.15) is 0 Å². The SMILES string of the molecule is CCOP(=O)(CCCCCCl)OCC. The highest BCUT2D eigenvalue weighted by Crippen LogP contribution is 2.48. The van der Waals surface area contributed by atoms with Crippen LogP contribution in [0.25, 0.3) is 0 Å². The highest BCUT2D eigenvalue weighted by molar-refractivity contribution is 7.53. The highest BCUT2D eigenvalue weighted by Gasteiger charge is 2.22. The highest BCUT2D eigenvalue weighted by atomic mass is 35.5. The lowest BCUT2D eigenvalue weighted by atomic mass is 10.3. The summed E-state index contributed by atoms with van der Waals surface area (Å²) < 4.78 is 22.2. The van der Waals surface area contributed by atoms with Gasteiger partial charge in [-0.1, -0.05) is 6.42 Å². The van der Waals surface area contributed by atoms with E-state index in [4.69, 9.17) is 20.6 Å². The first-order chi connectivity index (χ1) is 6.68. The summed E-state index contributed by atoms with van der Waals surface area (Å²) in [5, 5.41) is 0. The fourth-order valence-corrected chi connectivity index (χ4v) is 3.06. The molecule has 0 aromatic heterocycles. The van der Waals surface area contributed by atoms with E-state index in [1.54, 1.807) is 0 Å². The van der Waals surface area contributed by atoms with E-state index in [9.17, 15) is 4.57 Å². The molecule has 86 valence electrons. The molecule has 0 heterocycles. The number of hydrogen-bond donors (Lipinski definition) is 0. The molecule has 0 N–H and O–H groups in total. The second kappa shape index (κ2) is 8.72. The van der Waals surface area contributed by atoms with Crippen LogP contribution in [-0.2, 0) is 13.6 Å². The van der Waals surface area contributed by atoms with E-state index in [2.05, 4.69) is 0 Å². The van der Waals surface area contributed by atoms with E-state index in [-0.39, 0.29) is 0 Å². The van der Waals surface area contributed by atoms with Crippen molar-refractivity contribution in [1.82, 2.24) is 0 Å². The Kier molecular flexibility index (Phi) is 9.00. The maximum Gasteiger partial charge on any atom is 0.330 e. The Morgan fingerprint density at radius 2 is 1.64 bits per heavy atom. The first-order valence-electron chi connectivity index (χ1n) is 5.12. The molecule has 0 aliphatic rings. The van der Waals surface area contributed by atoms with E-state index < -0.39 is 7.60 Å². The average Bonchev–Trinajstić information content (AvgIpc) is 2.13. The summed E-state index contributed by atoms with van der Waals surface area (Å²) in [5.74, 6) is 0.660. The summed E-state index contributed by atoms with van der Waals surface area (Å²) in [4.78, 5) is 0. The molecule has 0 unspecified atom stereocenters. The second-order valence-electron chi connectivity index (χ2n) is 2.92. The van der Waals surface area contributed by atoms with Crippen molar-refractivity contribution >= 4 is 19.2 Å². The van der Waals surface area contributed by atoms with Crippen molar-refractivity contribution in [3.05, 3.63) is 0 Å². The Bertz CT molecular complexity index is 165. The van der Waals surface area contributed by atoms with Crippen LogP contribution >= 0.6 is 19.2 Å². The molecule has 14 heavy (non-hydrogen) atoms. The van der Waals surface area contributed by atoms with Crippen LogP contribution in [0.2, 0.25) is 0 Å². The van der Waals surface area contributed by atoms with Crippen LogP contribution in [0, 0.1) is 0 Å². The fraction of sp³-hybridized carbons (Fsp3) is 1.00. The molecule has 0 bridgehead atoms. The van der Waals surface area contributed by atoms with Crippen molar-refractivity contribution in [2.24, 2.45) is 0 Å². The molecular formula is C9H20ClO3P. The number of rotatable bonds is 9.